The summed E-state index contributed by atoms with van der Waals surface area (Å²) >= 11 is 0. The molecular formula is C24H29NO5. The second kappa shape index (κ2) is 7.29. The maximum absolute atomic E-state index is 12.6. The number of rotatable bonds is 3. The predicted octanol–water partition coefficient (Wildman–Crippen LogP) is 4.61. The van der Waals surface area contributed by atoms with E-state index >= 15 is 0 Å². The van der Waals surface area contributed by atoms with Crippen molar-refractivity contribution in [1.82, 2.24) is 4.90 Å². The summed E-state index contributed by atoms with van der Waals surface area (Å²) in [6.07, 6.45) is 6.77. The molecule has 4 aliphatic rings. The Kier molecular flexibility index (Phi) is 4.84. The van der Waals surface area contributed by atoms with Crippen molar-refractivity contribution in [3.05, 3.63) is 47.5 Å². The number of benzene rings is 1. The highest BCUT2D eigenvalue weighted by Crippen LogP contribution is 2.50. The third-order valence-corrected chi connectivity index (χ3v) is 7.35. The Bertz CT molecular complexity index is 842. The van der Waals surface area contributed by atoms with E-state index in [-0.39, 0.29) is 17.7 Å². The van der Waals surface area contributed by atoms with E-state index in [4.69, 9.17) is 14.5 Å². The fourth-order valence-corrected chi connectivity index (χ4v) is 5.41. The van der Waals surface area contributed by atoms with E-state index in [1.807, 2.05) is 0 Å². The molecule has 3 fully saturated rings. The van der Waals surface area contributed by atoms with Crippen molar-refractivity contribution in [2.45, 2.75) is 69.9 Å². The van der Waals surface area contributed by atoms with Crippen LogP contribution in [0.4, 0.5) is 0 Å². The average Bonchev–Trinajstić information content (AvgIpc) is 3.21. The predicted molar refractivity (Wildman–Crippen MR) is 109 cm³/mol. The summed E-state index contributed by atoms with van der Waals surface area (Å²) in [6.45, 7) is 6.63. The number of fused-ring (bicyclic) bond motifs is 1. The summed E-state index contributed by atoms with van der Waals surface area (Å²) < 4.78 is 6.44. The summed E-state index contributed by atoms with van der Waals surface area (Å²) in [5.74, 6) is -0.882. The number of hydrogen-bond donors (Lipinski definition) is 0. The summed E-state index contributed by atoms with van der Waals surface area (Å²) in [7, 11) is 0. The van der Waals surface area contributed by atoms with Crippen molar-refractivity contribution in [3.63, 3.8) is 0 Å². The summed E-state index contributed by atoms with van der Waals surface area (Å²) in [6, 6.07) is 7.05. The summed E-state index contributed by atoms with van der Waals surface area (Å²) in [5, 5.41) is 0. The highest BCUT2D eigenvalue weighted by atomic mass is 17.3. The SMILES string of the molecule is C=C(C)C1CCC2(CC1)OOC1(CCC(CN3C(=O)c4ccccc4C3=O)CC1)O2. The van der Waals surface area contributed by atoms with Gasteiger partial charge in [0.05, 0.1) is 11.1 Å². The lowest BCUT2D eigenvalue weighted by atomic mass is 9.81. The van der Waals surface area contributed by atoms with Gasteiger partial charge in [0.25, 0.3) is 11.8 Å². The molecule has 1 aromatic rings. The van der Waals surface area contributed by atoms with Crippen LogP contribution in [0.2, 0.25) is 0 Å². The molecule has 2 aliphatic heterocycles. The first-order valence-electron chi connectivity index (χ1n) is 11.1. The Morgan fingerprint density at radius 1 is 0.967 bits per heavy atom. The smallest absolute Gasteiger partial charge is 0.261 e. The number of ether oxygens (including phenoxy) is 1. The van der Waals surface area contributed by atoms with Gasteiger partial charge in [-0.3, -0.25) is 14.5 Å². The van der Waals surface area contributed by atoms with Crippen LogP contribution in [-0.4, -0.2) is 34.8 Å². The van der Waals surface area contributed by atoms with E-state index in [2.05, 4.69) is 13.5 Å². The number of nitrogens with zero attached hydrogens (tertiary/aromatic N) is 1. The normalized spacial score (nSPS) is 36.0. The van der Waals surface area contributed by atoms with Gasteiger partial charge < -0.3 is 4.74 Å². The molecule has 2 aliphatic carbocycles. The van der Waals surface area contributed by atoms with Crippen molar-refractivity contribution in [2.75, 3.05) is 6.54 Å². The number of carbonyl (C=O) groups is 2. The molecule has 6 heteroatoms. The molecule has 1 saturated heterocycles. The Labute approximate surface area is 177 Å². The lowest BCUT2D eigenvalue weighted by Crippen LogP contribution is -2.43. The first-order valence-corrected chi connectivity index (χ1v) is 11.1. The summed E-state index contributed by atoms with van der Waals surface area (Å²) in [4.78, 5) is 38.2. The van der Waals surface area contributed by atoms with Crippen LogP contribution in [0, 0.1) is 11.8 Å². The van der Waals surface area contributed by atoms with Crippen LogP contribution in [0.3, 0.4) is 0 Å². The monoisotopic (exact) mass is 411 g/mol. The molecule has 0 aromatic heterocycles. The summed E-state index contributed by atoms with van der Waals surface area (Å²) in [5.41, 5.74) is 2.25. The highest BCUT2D eigenvalue weighted by Gasteiger charge is 2.55. The van der Waals surface area contributed by atoms with Crippen molar-refractivity contribution in [2.24, 2.45) is 11.8 Å². The average molecular weight is 411 g/mol. The minimum absolute atomic E-state index is 0.180. The van der Waals surface area contributed by atoms with Gasteiger partial charge in [-0.05, 0) is 56.6 Å². The standard InChI is InChI=1S/C24H29NO5/c1-16(2)18-9-13-24(14-10-18)28-23(29-30-24)11-7-17(8-12-23)15-25-21(26)19-5-3-4-6-20(19)22(25)27/h3-6,17-18H,1,7-15H2,2H3. The molecule has 0 bridgehead atoms. The fraction of sp³-hybridized carbons (Fsp3) is 0.583. The Balaban J connectivity index is 1.17. The van der Waals surface area contributed by atoms with E-state index in [0.717, 1.165) is 38.5 Å². The molecule has 1 aromatic carbocycles. The van der Waals surface area contributed by atoms with Gasteiger partial charge >= 0.3 is 0 Å². The number of carbonyl (C=O) groups excluding carboxylic acids is 2. The molecule has 0 atom stereocenters. The molecular weight excluding hydrogens is 382 g/mol. The zero-order valence-electron chi connectivity index (χ0n) is 17.5. The first-order chi connectivity index (χ1) is 14.4. The second-order valence-electron chi connectivity index (χ2n) is 9.42. The van der Waals surface area contributed by atoms with E-state index < -0.39 is 11.6 Å². The molecule has 2 heterocycles. The minimum Gasteiger partial charge on any atom is -0.312 e. The van der Waals surface area contributed by atoms with Gasteiger partial charge in [0.2, 0.25) is 11.6 Å². The second-order valence-corrected chi connectivity index (χ2v) is 9.42. The fourth-order valence-electron chi connectivity index (χ4n) is 5.41. The Morgan fingerprint density at radius 2 is 1.47 bits per heavy atom. The Morgan fingerprint density at radius 3 is 1.97 bits per heavy atom. The van der Waals surface area contributed by atoms with Crippen LogP contribution in [-0.2, 0) is 14.5 Å². The quantitative estimate of drug-likeness (QED) is 0.413. The van der Waals surface area contributed by atoms with Crippen molar-refractivity contribution < 1.29 is 24.1 Å². The van der Waals surface area contributed by atoms with Gasteiger partial charge in [0, 0.05) is 32.2 Å². The maximum Gasteiger partial charge on any atom is 0.261 e. The molecule has 2 spiro atoms. The first kappa shape index (κ1) is 19.9. The van der Waals surface area contributed by atoms with Crippen LogP contribution in [0.15, 0.2) is 36.4 Å². The van der Waals surface area contributed by atoms with Gasteiger partial charge in [-0.1, -0.05) is 24.3 Å². The van der Waals surface area contributed by atoms with Crippen molar-refractivity contribution in [1.29, 1.82) is 0 Å². The largest absolute Gasteiger partial charge is 0.312 e. The van der Waals surface area contributed by atoms with Crippen molar-refractivity contribution >= 4 is 11.8 Å². The zero-order chi connectivity index (χ0) is 20.9. The maximum atomic E-state index is 12.6. The van der Waals surface area contributed by atoms with Crippen LogP contribution < -0.4 is 0 Å². The van der Waals surface area contributed by atoms with Gasteiger partial charge in [-0.25, -0.2) is 0 Å². The van der Waals surface area contributed by atoms with Gasteiger partial charge in [-0.15, -0.1) is 0 Å². The van der Waals surface area contributed by atoms with Crippen LogP contribution in [0.25, 0.3) is 0 Å². The van der Waals surface area contributed by atoms with E-state index in [0.29, 0.717) is 36.4 Å². The molecule has 160 valence electrons. The third-order valence-electron chi connectivity index (χ3n) is 7.35. The number of allylic oxidation sites excluding steroid dienone is 1. The van der Waals surface area contributed by atoms with E-state index in [1.165, 1.54) is 10.5 Å². The molecule has 0 unspecified atom stereocenters. The molecule has 0 radical (unpaired) electrons. The zero-order valence-corrected chi connectivity index (χ0v) is 17.5. The van der Waals surface area contributed by atoms with Gasteiger partial charge in [-0.2, -0.15) is 9.78 Å². The van der Waals surface area contributed by atoms with E-state index in [1.54, 1.807) is 24.3 Å². The topological polar surface area (TPSA) is 65.1 Å². The lowest BCUT2D eigenvalue weighted by Gasteiger charge is -2.38. The van der Waals surface area contributed by atoms with Gasteiger partial charge in [0.15, 0.2) is 0 Å². The van der Waals surface area contributed by atoms with Crippen LogP contribution >= 0.6 is 0 Å². The molecule has 30 heavy (non-hydrogen) atoms. The highest BCUT2D eigenvalue weighted by molar-refractivity contribution is 6.21. The van der Waals surface area contributed by atoms with Gasteiger partial charge in [0.1, 0.15) is 0 Å². The Hall–Kier alpha value is -2.02. The molecule has 2 amide bonds. The molecule has 5 rings (SSSR count). The lowest BCUT2D eigenvalue weighted by molar-refractivity contribution is -0.359. The van der Waals surface area contributed by atoms with E-state index in [9.17, 15) is 9.59 Å². The van der Waals surface area contributed by atoms with Crippen LogP contribution in [0.1, 0.15) is 79.0 Å². The molecule has 2 saturated carbocycles. The third kappa shape index (κ3) is 3.31. The number of amides is 2. The van der Waals surface area contributed by atoms with Crippen molar-refractivity contribution in [3.8, 4) is 0 Å². The number of imide groups is 1. The number of hydrogen-bond acceptors (Lipinski definition) is 5. The molecule has 6 nitrogen and oxygen atoms in total. The minimum atomic E-state index is -0.686. The molecule has 0 N–H and O–H groups in total. The van der Waals surface area contributed by atoms with Crippen LogP contribution in [0.5, 0.6) is 0 Å².